The molecule has 4 heterocycles. The molecule has 6 nitrogen and oxygen atoms in total. The highest BCUT2D eigenvalue weighted by atomic mass is 16.1. The SMILES string of the molecule is O=C(NCCc1cn2c(n1)CCCC2)[C@H]1CCn2c(cnc2C2CCCCC2)C1. The lowest BCUT2D eigenvalue weighted by molar-refractivity contribution is -0.125. The zero-order chi connectivity index (χ0) is 19.6. The molecule has 2 aromatic heterocycles. The minimum Gasteiger partial charge on any atom is -0.355 e. The van der Waals surface area contributed by atoms with Crippen molar-refractivity contribution in [2.24, 2.45) is 5.92 Å². The minimum absolute atomic E-state index is 0.0774. The Morgan fingerprint density at radius 2 is 2.00 bits per heavy atom. The number of hydrogen-bond acceptors (Lipinski definition) is 3. The van der Waals surface area contributed by atoms with Gasteiger partial charge in [0.05, 0.1) is 5.69 Å². The van der Waals surface area contributed by atoms with E-state index in [4.69, 9.17) is 9.97 Å². The Kier molecular flexibility index (Phi) is 5.42. The summed E-state index contributed by atoms with van der Waals surface area (Å²) in [6.45, 7) is 2.71. The fraction of sp³-hybridized carbons (Fsp3) is 0.696. The Balaban J connectivity index is 1.14. The van der Waals surface area contributed by atoms with Crippen molar-refractivity contribution in [3.63, 3.8) is 0 Å². The highest BCUT2D eigenvalue weighted by Gasteiger charge is 2.29. The lowest BCUT2D eigenvalue weighted by Crippen LogP contribution is -2.36. The number of amides is 1. The van der Waals surface area contributed by atoms with Crippen molar-refractivity contribution in [2.45, 2.75) is 89.6 Å². The standard InChI is InChI=1S/C23H33N5O/c29-23(24-11-9-19-16-27-12-5-4-8-21(27)26-19)18-10-13-28-20(14-18)15-25-22(28)17-6-2-1-3-7-17/h15-18H,1-14H2,(H,24,29)/t18-/m0/s1. The van der Waals surface area contributed by atoms with Gasteiger partial charge in [0.25, 0.3) is 0 Å². The Labute approximate surface area is 173 Å². The first kappa shape index (κ1) is 18.9. The van der Waals surface area contributed by atoms with Crippen LogP contribution < -0.4 is 5.32 Å². The minimum atomic E-state index is 0.0774. The molecule has 156 valence electrons. The van der Waals surface area contributed by atoms with Crippen molar-refractivity contribution in [2.75, 3.05) is 6.54 Å². The number of carbonyl (C=O) groups excluding carboxylic acids is 1. The number of nitrogens with one attached hydrogen (secondary N) is 1. The normalized spacial score (nSPS) is 22.1. The van der Waals surface area contributed by atoms with Gasteiger partial charge in [-0.15, -0.1) is 0 Å². The predicted octanol–water partition coefficient (Wildman–Crippen LogP) is 3.38. The third-order valence-corrected chi connectivity index (χ3v) is 7.11. The molecule has 0 saturated heterocycles. The third kappa shape index (κ3) is 3.99. The van der Waals surface area contributed by atoms with Crippen molar-refractivity contribution in [1.29, 1.82) is 0 Å². The largest absolute Gasteiger partial charge is 0.355 e. The third-order valence-electron chi connectivity index (χ3n) is 7.11. The van der Waals surface area contributed by atoms with Crippen molar-refractivity contribution < 1.29 is 4.79 Å². The van der Waals surface area contributed by atoms with E-state index in [9.17, 15) is 4.79 Å². The fourth-order valence-electron chi connectivity index (χ4n) is 5.45. The molecule has 29 heavy (non-hydrogen) atoms. The monoisotopic (exact) mass is 395 g/mol. The Morgan fingerprint density at radius 1 is 1.10 bits per heavy atom. The lowest BCUT2D eigenvalue weighted by atomic mass is 9.88. The van der Waals surface area contributed by atoms with Gasteiger partial charge in [-0.25, -0.2) is 9.97 Å². The molecule has 1 amide bonds. The van der Waals surface area contributed by atoms with Crippen LogP contribution >= 0.6 is 0 Å². The molecule has 1 saturated carbocycles. The number of hydrogen-bond donors (Lipinski definition) is 1. The zero-order valence-electron chi connectivity index (χ0n) is 17.4. The van der Waals surface area contributed by atoms with Crippen LogP contribution in [0.25, 0.3) is 0 Å². The van der Waals surface area contributed by atoms with Gasteiger partial charge in [-0.2, -0.15) is 0 Å². The number of imidazole rings is 2. The van der Waals surface area contributed by atoms with Gasteiger partial charge in [0.15, 0.2) is 0 Å². The van der Waals surface area contributed by atoms with Gasteiger partial charge in [0.2, 0.25) is 5.91 Å². The summed E-state index contributed by atoms with van der Waals surface area (Å²) in [5.41, 5.74) is 2.36. The van der Waals surface area contributed by atoms with Crippen LogP contribution in [0, 0.1) is 5.92 Å². The van der Waals surface area contributed by atoms with Crippen LogP contribution in [0.4, 0.5) is 0 Å². The number of aromatic nitrogens is 4. The van der Waals surface area contributed by atoms with Crippen LogP contribution in [0.1, 0.15) is 80.3 Å². The van der Waals surface area contributed by atoms with Crippen molar-refractivity contribution in [3.05, 3.63) is 35.4 Å². The lowest BCUT2D eigenvalue weighted by Gasteiger charge is -2.27. The van der Waals surface area contributed by atoms with Crippen LogP contribution in [0.3, 0.4) is 0 Å². The quantitative estimate of drug-likeness (QED) is 0.844. The second-order valence-corrected chi connectivity index (χ2v) is 9.12. The molecular weight excluding hydrogens is 362 g/mol. The maximum Gasteiger partial charge on any atom is 0.223 e. The van der Waals surface area contributed by atoms with Gasteiger partial charge >= 0.3 is 0 Å². The zero-order valence-corrected chi connectivity index (χ0v) is 17.4. The van der Waals surface area contributed by atoms with Crippen molar-refractivity contribution in [1.82, 2.24) is 24.4 Å². The van der Waals surface area contributed by atoms with Gasteiger partial charge < -0.3 is 14.5 Å². The van der Waals surface area contributed by atoms with Crippen LogP contribution in [0.5, 0.6) is 0 Å². The summed E-state index contributed by atoms with van der Waals surface area (Å²) >= 11 is 0. The molecule has 1 atom stereocenters. The Bertz CT molecular complexity index is 837. The van der Waals surface area contributed by atoms with Gasteiger partial charge in [0.1, 0.15) is 11.6 Å². The summed E-state index contributed by atoms with van der Waals surface area (Å²) in [5.74, 6) is 3.40. The van der Waals surface area contributed by atoms with E-state index >= 15 is 0 Å². The Hall–Kier alpha value is -2.11. The number of aryl methyl sites for hydroxylation is 2. The summed E-state index contributed by atoms with van der Waals surface area (Å²) in [6.07, 6.45) is 16.9. The molecule has 0 bridgehead atoms. The first-order valence-electron chi connectivity index (χ1n) is 11.6. The number of fused-ring (bicyclic) bond motifs is 2. The first-order chi connectivity index (χ1) is 14.3. The van der Waals surface area contributed by atoms with E-state index in [0.29, 0.717) is 12.5 Å². The average Bonchev–Trinajstić information content (AvgIpc) is 3.37. The van der Waals surface area contributed by atoms with Crippen LogP contribution in [-0.2, 0) is 37.1 Å². The molecule has 3 aliphatic rings. The van der Waals surface area contributed by atoms with Crippen LogP contribution in [0.2, 0.25) is 0 Å². The highest BCUT2D eigenvalue weighted by molar-refractivity contribution is 5.79. The molecule has 0 unspecified atom stereocenters. The smallest absolute Gasteiger partial charge is 0.223 e. The van der Waals surface area contributed by atoms with Gasteiger partial charge in [-0.05, 0) is 32.1 Å². The number of carbonyl (C=O) groups is 1. The van der Waals surface area contributed by atoms with E-state index in [-0.39, 0.29) is 11.8 Å². The van der Waals surface area contributed by atoms with E-state index in [1.165, 1.54) is 62.3 Å². The summed E-state index contributed by atoms with van der Waals surface area (Å²) < 4.78 is 4.70. The first-order valence-corrected chi connectivity index (χ1v) is 11.6. The van der Waals surface area contributed by atoms with Crippen LogP contribution in [0.15, 0.2) is 12.4 Å². The van der Waals surface area contributed by atoms with Crippen molar-refractivity contribution in [3.8, 4) is 0 Å². The molecule has 2 aliphatic heterocycles. The highest BCUT2D eigenvalue weighted by Crippen LogP contribution is 2.34. The molecule has 1 aliphatic carbocycles. The van der Waals surface area contributed by atoms with E-state index in [2.05, 4.69) is 20.6 Å². The second kappa shape index (κ2) is 8.33. The van der Waals surface area contributed by atoms with Gasteiger partial charge in [-0.1, -0.05) is 19.3 Å². The average molecular weight is 396 g/mol. The molecule has 0 radical (unpaired) electrons. The van der Waals surface area contributed by atoms with E-state index in [1.807, 2.05) is 6.20 Å². The van der Waals surface area contributed by atoms with Crippen LogP contribution in [-0.4, -0.2) is 31.6 Å². The van der Waals surface area contributed by atoms with Gasteiger partial charge in [-0.3, -0.25) is 4.79 Å². The van der Waals surface area contributed by atoms with Gasteiger partial charge in [0, 0.05) is 68.8 Å². The molecular formula is C23H33N5O. The summed E-state index contributed by atoms with van der Waals surface area (Å²) in [7, 11) is 0. The van der Waals surface area contributed by atoms with E-state index < -0.39 is 0 Å². The second-order valence-electron chi connectivity index (χ2n) is 9.12. The molecule has 2 aromatic rings. The molecule has 5 rings (SSSR count). The number of rotatable bonds is 5. The molecule has 6 heteroatoms. The molecule has 0 spiro atoms. The maximum atomic E-state index is 12.7. The molecule has 1 fully saturated rings. The summed E-state index contributed by atoms with van der Waals surface area (Å²) in [5, 5.41) is 3.16. The molecule has 0 aromatic carbocycles. The Morgan fingerprint density at radius 3 is 2.86 bits per heavy atom. The summed E-state index contributed by atoms with van der Waals surface area (Å²) in [4.78, 5) is 22.2. The van der Waals surface area contributed by atoms with E-state index in [0.717, 1.165) is 44.5 Å². The predicted molar refractivity (Wildman–Crippen MR) is 112 cm³/mol. The molecule has 1 N–H and O–H groups in total. The maximum absolute atomic E-state index is 12.7. The number of nitrogens with zero attached hydrogens (tertiary/aromatic N) is 4. The van der Waals surface area contributed by atoms with Crippen molar-refractivity contribution >= 4 is 5.91 Å². The summed E-state index contributed by atoms with van der Waals surface area (Å²) in [6, 6.07) is 0. The van der Waals surface area contributed by atoms with E-state index in [1.54, 1.807) is 0 Å². The fourth-order valence-corrected chi connectivity index (χ4v) is 5.45. The topological polar surface area (TPSA) is 64.7 Å².